The molecule has 2 rings (SSSR count). The van der Waals surface area contributed by atoms with Gasteiger partial charge in [-0.05, 0) is 46.6 Å². The Morgan fingerprint density at radius 3 is 2.52 bits per heavy atom. The minimum atomic E-state index is -0.153. The Balaban J connectivity index is 1.99. The normalized spacial score (nSPS) is 10.3. The number of anilines is 2. The molecule has 3 nitrogen and oxygen atoms in total. The van der Waals surface area contributed by atoms with E-state index in [1.165, 1.54) is 0 Å². The lowest BCUT2D eigenvalue weighted by atomic mass is 10.2. The third-order valence-corrected chi connectivity index (χ3v) is 4.66. The molecule has 0 heterocycles. The maximum atomic E-state index is 11.9. The van der Waals surface area contributed by atoms with Crippen molar-refractivity contribution < 1.29 is 4.79 Å². The summed E-state index contributed by atoms with van der Waals surface area (Å²) in [6, 6.07) is 11.1. The van der Waals surface area contributed by atoms with Crippen LogP contribution in [0.5, 0.6) is 0 Å². The number of nitrogens with one attached hydrogen (secondary N) is 2. The molecule has 2 aromatic rings. The number of para-hydroxylation sites is 1. The summed E-state index contributed by atoms with van der Waals surface area (Å²) in [5, 5.41) is 6.61. The molecule has 21 heavy (non-hydrogen) atoms. The Morgan fingerprint density at radius 2 is 1.81 bits per heavy atom. The quantitative estimate of drug-likeness (QED) is 0.715. The van der Waals surface area contributed by atoms with Gasteiger partial charge >= 0.3 is 0 Å². The highest BCUT2D eigenvalue weighted by molar-refractivity contribution is 9.10. The van der Waals surface area contributed by atoms with Gasteiger partial charge in [0.15, 0.2) is 0 Å². The molecule has 1 amide bonds. The molecule has 0 unspecified atom stereocenters. The molecule has 0 saturated carbocycles. The highest BCUT2D eigenvalue weighted by Crippen LogP contribution is 2.35. The predicted molar refractivity (Wildman–Crippen MR) is 92.5 cm³/mol. The summed E-state index contributed by atoms with van der Waals surface area (Å²) >= 11 is 15.4. The maximum Gasteiger partial charge on any atom is 0.243 e. The molecule has 0 aliphatic rings. The summed E-state index contributed by atoms with van der Waals surface area (Å²) in [7, 11) is 0. The van der Waals surface area contributed by atoms with Gasteiger partial charge in [0.1, 0.15) is 0 Å². The largest absolute Gasteiger partial charge is 0.375 e. The van der Waals surface area contributed by atoms with E-state index in [-0.39, 0.29) is 12.5 Å². The van der Waals surface area contributed by atoms with E-state index in [2.05, 4.69) is 26.6 Å². The first kappa shape index (κ1) is 16.1. The van der Waals surface area contributed by atoms with Gasteiger partial charge in [-0.1, -0.05) is 41.4 Å². The zero-order chi connectivity index (χ0) is 15.4. The predicted octanol–water partition coefficient (Wildman–Crippen LogP) is 5.11. The van der Waals surface area contributed by atoms with Gasteiger partial charge < -0.3 is 10.6 Å². The zero-order valence-electron chi connectivity index (χ0n) is 11.2. The topological polar surface area (TPSA) is 41.1 Å². The van der Waals surface area contributed by atoms with E-state index in [1.54, 1.807) is 12.1 Å². The van der Waals surface area contributed by atoms with Gasteiger partial charge in [-0.15, -0.1) is 0 Å². The number of aryl methyl sites for hydroxylation is 1. The number of halogens is 3. The highest BCUT2D eigenvalue weighted by atomic mass is 79.9. The summed E-state index contributed by atoms with van der Waals surface area (Å²) in [5.74, 6) is -0.153. The zero-order valence-corrected chi connectivity index (χ0v) is 14.3. The molecule has 0 aliphatic carbocycles. The van der Waals surface area contributed by atoms with E-state index < -0.39 is 0 Å². The summed E-state index contributed by atoms with van der Waals surface area (Å²) in [6.07, 6.45) is 0. The van der Waals surface area contributed by atoms with Crippen LogP contribution in [0.2, 0.25) is 10.0 Å². The average Bonchev–Trinajstić information content (AvgIpc) is 2.46. The molecular weight excluding hydrogens is 375 g/mol. The van der Waals surface area contributed by atoms with E-state index in [0.717, 1.165) is 11.3 Å². The smallest absolute Gasteiger partial charge is 0.243 e. The Labute approximate surface area is 141 Å². The van der Waals surface area contributed by atoms with E-state index in [1.807, 2.05) is 31.2 Å². The Kier molecular flexibility index (Phi) is 5.51. The first-order valence-corrected chi connectivity index (χ1v) is 7.77. The summed E-state index contributed by atoms with van der Waals surface area (Å²) in [6.45, 7) is 2.04. The fourth-order valence-electron chi connectivity index (χ4n) is 1.75. The van der Waals surface area contributed by atoms with Crippen LogP contribution in [0.3, 0.4) is 0 Å². The standard InChI is InChI=1S/C15H13BrCl2N2O/c1-9-4-2-3-5-11(9)20-13(21)8-19-12-7-6-10(16)14(17)15(12)18/h2-7,19H,8H2,1H3,(H,20,21). The first-order valence-electron chi connectivity index (χ1n) is 6.22. The number of hydrogen-bond donors (Lipinski definition) is 2. The second-order valence-corrected chi connectivity index (χ2v) is 6.05. The van der Waals surface area contributed by atoms with Gasteiger partial charge in [-0.3, -0.25) is 4.79 Å². The number of hydrogen-bond acceptors (Lipinski definition) is 2. The van der Waals surface area contributed by atoms with Crippen LogP contribution in [-0.4, -0.2) is 12.5 Å². The summed E-state index contributed by atoms with van der Waals surface area (Å²) < 4.78 is 0.712. The van der Waals surface area contributed by atoms with Crippen molar-refractivity contribution in [3.05, 3.63) is 56.5 Å². The van der Waals surface area contributed by atoms with Gasteiger partial charge in [-0.25, -0.2) is 0 Å². The van der Waals surface area contributed by atoms with Crippen LogP contribution >= 0.6 is 39.1 Å². The Hall–Kier alpha value is -1.23. The molecule has 0 aromatic heterocycles. The van der Waals surface area contributed by atoms with Crippen molar-refractivity contribution >= 4 is 56.4 Å². The van der Waals surface area contributed by atoms with Gasteiger partial charge in [0.05, 0.1) is 22.3 Å². The SMILES string of the molecule is Cc1ccccc1NC(=O)CNc1ccc(Br)c(Cl)c1Cl. The molecule has 2 N–H and O–H groups in total. The third-order valence-electron chi connectivity index (χ3n) is 2.89. The molecule has 0 aliphatic heterocycles. The van der Waals surface area contributed by atoms with Crippen LogP contribution in [0.1, 0.15) is 5.56 Å². The van der Waals surface area contributed by atoms with Gasteiger partial charge in [0.25, 0.3) is 0 Å². The molecule has 2 aromatic carbocycles. The molecule has 0 radical (unpaired) electrons. The van der Waals surface area contributed by atoms with Crippen LogP contribution in [0, 0.1) is 6.92 Å². The van der Waals surface area contributed by atoms with Gasteiger partial charge in [-0.2, -0.15) is 0 Å². The van der Waals surface area contributed by atoms with E-state index in [0.29, 0.717) is 20.2 Å². The van der Waals surface area contributed by atoms with Gasteiger partial charge in [0.2, 0.25) is 5.91 Å². The molecule has 0 spiro atoms. The number of benzene rings is 2. The molecule has 0 bridgehead atoms. The molecule has 110 valence electrons. The van der Waals surface area contributed by atoms with Crippen LogP contribution in [-0.2, 0) is 4.79 Å². The van der Waals surface area contributed by atoms with Crippen molar-refractivity contribution in [2.24, 2.45) is 0 Å². The van der Waals surface area contributed by atoms with Crippen LogP contribution in [0.25, 0.3) is 0 Å². The number of carbonyl (C=O) groups is 1. The van der Waals surface area contributed by atoms with Crippen LogP contribution in [0.15, 0.2) is 40.9 Å². The van der Waals surface area contributed by atoms with E-state index >= 15 is 0 Å². The monoisotopic (exact) mass is 386 g/mol. The number of rotatable bonds is 4. The fourth-order valence-corrected chi connectivity index (χ4v) is 2.59. The molecule has 0 saturated heterocycles. The second kappa shape index (κ2) is 7.16. The van der Waals surface area contributed by atoms with E-state index in [9.17, 15) is 4.79 Å². The number of amides is 1. The van der Waals surface area contributed by atoms with Crippen molar-refractivity contribution in [2.45, 2.75) is 6.92 Å². The fraction of sp³-hybridized carbons (Fsp3) is 0.133. The molecule has 0 fully saturated rings. The van der Waals surface area contributed by atoms with Crippen LogP contribution in [0.4, 0.5) is 11.4 Å². The van der Waals surface area contributed by atoms with Crippen molar-refractivity contribution in [1.29, 1.82) is 0 Å². The van der Waals surface area contributed by atoms with Crippen LogP contribution < -0.4 is 10.6 Å². The molecular formula is C15H13BrCl2N2O. The first-order chi connectivity index (χ1) is 9.99. The minimum absolute atomic E-state index is 0.103. The summed E-state index contributed by atoms with van der Waals surface area (Å²) in [4.78, 5) is 11.9. The van der Waals surface area contributed by atoms with Crippen molar-refractivity contribution in [2.75, 3.05) is 17.2 Å². The lowest BCUT2D eigenvalue weighted by Gasteiger charge is -2.11. The maximum absolute atomic E-state index is 11.9. The average molecular weight is 388 g/mol. The van der Waals surface area contributed by atoms with E-state index in [4.69, 9.17) is 23.2 Å². The lowest BCUT2D eigenvalue weighted by Crippen LogP contribution is -2.22. The third kappa shape index (κ3) is 4.13. The lowest BCUT2D eigenvalue weighted by molar-refractivity contribution is -0.114. The second-order valence-electron chi connectivity index (χ2n) is 4.44. The van der Waals surface area contributed by atoms with Crippen molar-refractivity contribution in [1.82, 2.24) is 0 Å². The minimum Gasteiger partial charge on any atom is -0.375 e. The molecule has 0 atom stereocenters. The molecule has 6 heteroatoms. The number of carbonyl (C=O) groups excluding carboxylic acids is 1. The van der Waals surface area contributed by atoms with Crippen molar-refractivity contribution in [3.8, 4) is 0 Å². The van der Waals surface area contributed by atoms with Gasteiger partial charge in [0, 0.05) is 10.2 Å². The Bertz CT molecular complexity index is 677. The highest BCUT2D eigenvalue weighted by Gasteiger charge is 2.10. The summed E-state index contributed by atoms with van der Waals surface area (Å²) in [5.41, 5.74) is 2.42. The van der Waals surface area contributed by atoms with Crippen molar-refractivity contribution in [3.63, 3.8) is 0 Å². The Morgan fingerprint density at radius 1 is 1.10 bits per heavy atom.